The van der Waals surface area contributed by atoms with Crippen LogP contribution in [-0.2, 0) is 17.5 Å². The van der Waals surface area contributed by atoms with Gasteiger partial charge in [0.05, 0.1) is 11.6 Å². The van der Waals surface area contributed by atoms with Gasteiger partial charge in [0.25, 0.3) is 0 Å². The van der Waals surface area contributed by atoms with Gasteiger partial charge < -0.3 is 15.4 Å². The van der Waals surface area contributed by atoms with Crippen LogP contribution in [0, 0.1) is 6.92 Å². The first-order valence-corrected chi connectivity index (χ1v) is 10.9. The number of benzene rings is 3. The zero-order chi connectivity index (χ0) is 23.4. The van der Waals surface area contributed by atoms with E-state index in [4.69, 9.17) is 4.74 Å². The molecule has 1 unspecified atom stereocenters. The van der Waals surface area contributed by atoms with Crippen LogP contribution >= 0.6 is 0 Å². The van der Waals surface area contributed by atoms with Crippen LogP contribution in [0.3, 0.4) is 0 Å². The van der Waals surface area contributed by atoms with Gasteiger partial charge in [-0.15, -0.1) is 0 Å². The zero-order valence-corrected chi connectivity index (χ0v) is 18.2. The molecule has 2 N–H and O–H groups in total. The van der Waals surface area contributed by atoms with Crippen LogP contribution in [-0.4, -0.2) is 18.5 Å². The van der Waals surface area contributed by atoms with Crippen molar-refractivity contribution in [3.63, 3.8) is 0 Å². The van der Waals surface area contributed by atoms with Crippen LogP contribution < -0.4 is 15.4 Å². The Bertz CT molecular complexity index is 1120. The van der Waals surface area contributed by atoms with Crippen molar-refractivity contribution in [2.45, 2.75) is 38.5 Å². The van der Waals surface area contributed by atoms with Crippen molar-refractivity contribution in [2.24, 2.45) is 0 Å². The average Bonchev–Trinajstić information content (AvgIpc) is 3.34. The lowest BCUT2D eigenvalue weighted by Crippen LogP contribution is -2.39. The molecule has 33 heavy (non-hydrogen) atoms. The smallest absolute Gasteiger partial charge is 0.416 e. The highest BCUT2D eigenvalue weighted by molar-refractivity contribution is 5.82. The van der Waals surface area contributed by atoms with Gasteiger partial charge in [-0.25, -0.2) is 0 Å². The second-order valence-electron chi connectivity index (χ2n) is 8.19. The van der Waals surface area contributed by atoms with E-state index in [0.717, 1.165) is 42.6 Å². The summed E-state index contributed by atoms with van der Waals surface area (Å²) in [5.41, 5.74) is 2.00. The normalized spacial score (nSPS) is 15.9. The topological polar surface area (TPSA) is 50.4 Å². The van der Waals surface area contributed by atoms with E-state index in [1.165, 1.54) is 6.07 Å². The molecule has 4 nitrogen and oxygen atoms in total. The van der Waals surface area contributed by atoms with Crippen molar-refractivity contribution in [1.29, 1.82) is 0 Å². The number of alkyl halides is 3. The van der Waals surface area contributed by atoms with E-state index in [1.807, 2.05) is 25.1 Å². The number of hydrogen-bond donors (Lipinski definition) is 2. The highest BCUT2D eigenvalue weighted by atomic mass is 19.4. The summed E-state index contributed by atoms with van der Waals surface area (Å²) >= 11 is 0. The van der Waals surface area contributed by atoms with Crippen LogP contribution in [0.15, 0.2) is 66.7 Å². The molecule has 0 spiro atoms. The number of hydrogen-bond acceptors (Lipinski definition) is 3. The largest absolute Gasteiger partial charge is 0.457 e. The average molecular weight is 454 g/mol. The molecule has 1 heterocycles. The highest BCUT2D eigenvalue weighted by Gasteiger charge is 2.31. The van der Waals surface area contributed by atoms with Crippen LogP contribution in [0.2, 0.25) is 0 Å². The standard InChI is InChI=1S/C26H25F3N2O2/c1-17-7-10-21(11-8-17)33-24-12-9-20(26(27,28)29)15-22(24)19-5-2-4-18(14-19)16-31-25(32)23-6-3-13-30-23/h2,4-5,7-12,14-15,23,30H,3,6,13,16H2,1H3,(H,31,32). The van der Waals surface area contributed by atoms with Gasteiger partial charge in [-0.1, -0.05) is 35.9 Å². The molecule has 4 rings (SSSR count). The second kappa shape index (κ2) is 9.67. The van der Waals surface area contributed by atoms with Crippen molar-refractivity contribution in [3.8, 4) is 22.6 Å². The van der Waals surface area contributed by atoms with Crippen molar-refractivity contribution in [2.75, 3.05) is 6.54 Å². The third kappa shape index (κ3) is 5.73. The highest BCUT2D eigenvalue weighted by Crippen LogP contribution is 2.39. The molecule has 1 saturated heterocycles. The molecule has 0 aliphatic carbocycles. The Balaban J connectivity index is 1.62. The molecule has 1 aliphatic heterocycles. The SMILES string of the molecule is Cc1ccc(Oc2ccc(C(F)(F)F)cc2-c2cccc(CNC(=O)C3CCCN3)c2)cc1. The Morgan fingerprint density at radius 1 is 1.09 bits per heavy atom. The maximum Gasteiger partial charge on any atom is 0.416 e. The van der Waals surface area contributed by atoms with Crippen molar-refractivity contribution in [1.82, 2.24) is 10.6 Å². The van der Waals surface area contributed by atoms with Crippen LogP contribution in [0.4, 0.5) is 13.2 Å². The third-order valence-corrected chi connectivity index (χ3v) is 5.64. The Hall–Kier alpha value is -3.32. The number of amides is 1. The maximum absolute atomic E-state index is 13.4. The first-order valence-electron chi connectivity index (χ1n) is 10.9. The number of rotatable bonds is 6. The molecule has 7 heteroatoms. The summed E-state index contributed by atoms with van der Waals surface area (Å²) in [6, 6.07) is 17.7. The van der Waals surface area contributed by atoms with Crippen molar-refractivity contribution < 1.29 is 22.7 Å². The number of carbonyl (C=O) groups excluding carboxylic acids is 1. The summed E-state index contributed by atoms with van der Waals surface area (Å²) in [6.45, 7) is 3.06. The fourth-order valence-corrected chi connectivity index (χ4v) is 3.82. The summed E-state index contributed by atoms with van der Waals surface area (Å²) in [5, 5.41) is 6.05. The second-order valence-corrected chi connectivity index (χ2v) is 8.19. The number of carbonyl (C=O) groups is 1. The van der Waals surface area contributed by atoms with Gasteiger partial charge >= 0.3 is 6.18 Å². The zero-order valence-electron chi connectivity index (χ0n) is 18.2. The predicted molar refractivity (Wildman–Crippen MR) is 121 cm³/mol. The fraction of sp³-hybridized carbons (Fsp3) is 0.269. The molecule has 0 saturated carbocycles. The van der Waals surface area contributed by atoms with E-state index in [0.29, 0.717) is 22.6 Å². The molecule has 1 atom stereocenters. The van der Waals surface area contributed by atoms with E-state index in [2.05, 4.69) is 10.6 Å². The van der Waals surface area contributed by atoms with Crippen molar-refractivity contribution in [3.05, 3.63) is 83.4 Å². The molecule has 172 valence electrons. The van der Waals surface area contributed by atoms with Gasteiger partial charge in [0, 0.05) is 12.1 Å². The minimum atomic E-state index is -4.48. The molecule has 3 aromatic carbocycles. The van der Waals surface area contributed by atoms with Gasteiger partial charge in [0.1, 0.15) is 11.5 Å². The van der Waals surface area contributed by atoms with E-state index in [9.17, 15) is 18.0 Å². The van der Waals surface area contributed by atoms with Crippen LogP contribution in [0.1, 0.15) is 29.5 Å². The Labute approximate surface area is 190 Å². The van der Waals surface area contributed by atoms with E-state index in [-0.39, 0.29) is 18.5 Å². The Kier molecular flexibility index (Phi) is 6.70. The first-order chi connectivity index (χ1) is 15.8. The molecule has 3 aromatic rings. The molecular weight excluding hydrogens is 429 g/mol. The monoisotopic (exact) mass is 454 g/mol. The summed E-state index contributed by atoms with van der Waals surface area (Å²) in [5.74, 6) is 0.789. The molecule has 1 amide bonds. The summed E-state index contributed by atoms with van der Waals surface area (Å²) in [6.07, 6.45) is -2.71. The first kappa shape index (κ1) is 22.9. The van der Waals surface area contributed by atoms with Gasteiger partial charge in [0.2, 0.25) is 5.91 Å². The van der Waals surface area contributed by atoms with E-state index < -0.39 is 11.7 Å². The number of nitrogens with one attached hydrogen (secondary N) is 2. The van der Waals surface area contributed by atoms with Gasteiger partial charge in [-0.3, -0.25) is 4.79 Å². The maximum atomic E-state index is 13.4. The minimum Gasteiger partial charge on any atom is -0.457 e. The van der Waals surface area contributed by atoms with E-state index >= 15 is 0 Å². The molecule has 0 bridgehead atoms. The third-order valence-electron chi connectivity index (χ3n) is 5.64. The molecule has 0 radical (unpaired) electrons. The summed E-state index contributed by atoms with van der Waals surface area (Å²) in [4.78, 5) is 12.3. The molecule has 0 aromatic heterocycles. The minimum absolute atomic E-state index is 0.0691. The lowest BCUT2D eigenvalue weighted by atomic mass is 9.99. The molecule has 1 fully saturated rings. The lowest BCUT2D eigenvalue weighted by molar-refractivity contribution is -0.137. The molecular formula is C26H25F3N2O2. The number of halogens is 3. The van der Waals surface area contributed by atoms with Gasteiger partial charge in [-0.2, -0.15) is 13.2 Å². The summed E-state index contributed by atoms with van der Waals surface area (Å²) < 4.78 is 46.2. The van der Waals surface area contributed by atoms with Gasteiger partial charge in [0.15, 0.2) is 0 Å². The predicted octanol–water partition coefficient (Wildman–Crippen LogP) is 5.84. The lowest BCUT2D eigenvalue weighted by Gasteiger charge is -2.16. The van der Waals surface area contributed by atoms with Crippen LogP contribution in [0.5, 0.6) is 11.5 Å². The Morgan fingerprint density at radius 3 is 2.58 bits per heavy atom. The number of aryl methyl sites for hydroxylation is 1. The fourth-order valence-electron chi connectivity index (χ4n) is 3.82. The van der Waals surface area contributed by atoms with E-state index in [1.54, 1.807) is 30.3 Å². The molecule has 1 aliphatic rings. The van der Waals surface area contributed by atoms with Crippen molar-refractivity contribution >= 4 is 5.91 Å². The quantitative estimate of drug-likeness (QED) is 0.492. The summed E-state index contributed by atoms with van der Waals surface area (Å²) in [7, 11) is 0. The van der Waals surface area contributed by atoms with Crippen LogP contribution in [0.25, 0.3) is 11.1 Å². The Morgan fingerprint density at radius 2 is 1.88 bits per heavy atom. The van der Waals surface area contributed by atoms with Gasteiger partial charge in [-0.05, 0) is 73.8 Å². The number of ether oxygens (including phenoxy) is 1.